The van der Waals surface area contributed by atoms with Gasteiger partial charge < -0.3 is 4.42 Å². The fraction of sp³-hybridized carbons (Fsp3) is 0. The lowest BCUT2D eigenvalue weighted by molar-refractivity contribution is 0.668. The predicted octanol–water partition coefficient (Wildman–Crippen LogP) is 10.1. The Bertz CT molecular complexity index is 2640. The van der Waals surface area contributed by atoms with Gasteiger partial charge in [-0.05, 0) is 74.1 Å². The summed E-state index contributed by atoms with van der Waals surface area (Å²) in [6.07, 6.45) is 1.79. The summed E-state index contributed by atoms with van der Waals surface area (Å²) in [4.78, 5) is 20.1. The molecule has 9 aromatic rings. The maximum absolute atomic E-state index is 6.18. The molecule has 0 saturated heterocycles. The summed E-state index contributed by atoms with van der Waals surface area (Å²) in [5.74, 6) is 1.82. The van der Waals surface area contributed by atoms with Gasteiger partial charge in [0.2, 0.25) is 0 Å². The smallest absolute Gasteiger partial charge is 0.164 e. The van der Waals surface area contributed by atoms with Crippen molar-refractivity contribution in [2.45, 2.75) is 0 Å². The SMILES string of the molecule is c1ccc2c(c1)-c1cccc3c(-c4nc(-c5ccc6ccccc6c5)nc(-c5cccc6oc7cccnc7c56)n4)ccc-2c13. The number of pyridine rings is 1. The highest BCUT2D eigenvalue weighted by Gasteiger charge is 2.24. The van der Waals surface area contributed by atoms with E-state index in [1.165, 1.54) is 33.0 Å². The van der Waals surface area contributed by atoms with Crippen LogP contribution in [0.4, 0.5) is 0 Å². The fourth-order valence-electron chi connectivity index (χ4n) is 6.90. The number of benzene rings is 6. The molecular formula is C40H22N4O. The summed E-state index contributed by atoms with van der Waals surface area (Å²) in [5, 5.41) is 5.55. The van der Waals surface area contributed by atoms with E-state index in [4.69, 9.17) is 19.4 Å². The molecule has 1 aliphatic rings. The molecule has 0 amide bonds. The summed E-state index contributed by atoms with van der Waals surface area (Å²) in [6.45, 7) is 0. The van der Waals surface area contributed by atoms with Crippen LogP contribution in [-0.4, -0.2) is 19.9 Å². The molecule has 0 unspecified atom stereocenters. The van der Waals surface area contributed by atoms with Gasteiger partial charge >= 0.3 is 0 Å². The normalized spacial score (nSPS) is 12.0. The van der Waals surface area contributed by atoms with E-state index in [0.29, 0.717) is 17.5 Å². The summed E-state index contributed by atoms with van der Waals surface area (Å²) in [6, 6.07) is 44.0. The van der Waals surface area contributed by atoms with Crippen LogP contribution in [0.1, 0.15) is 0 Å². The third kappa shape index (κ3) is 3.55. The van der Waals surface area contributed by atoms with Crippen LogP contribution < -0.4 is 0 Å². The Balaban J connectivity index is 1.27. The molecule has 45 heavy (non-hydrogen) atoms. The molecular weight excluding hydrogens is 552 g/mol. The Morgan fingerprint density at radius 3 is 1.98 bits per heavy atom. The van der Waals surface area contributed by atoms with Crippen LogP contribution in [0, 0.1) is 0 Å². The van der Waals surface area contributed by atoms with Gasteiger partial charge in [-0.1, -0.05) is 97.1 Å². The number of hydrogen-bond donors (Lipinski definition) is 0. The second-order valence-corrected chi connectivity index (χ2v) is 11.4. The van der Waals surface area contributed by atoms with Crippen molar-refractivity contribution in [1.82, 2.24) is 19.9 Å². The molecule has 3 heterocycles. The number of nitrogens with zero attached hydrogens (tertiary/aromatic N) is 4. The van der Waals surface area contributed by atoms with E-state index in [0.717, 1.165) is 49.5 Å². The van der Waals surface area contributed by atoms with Gasteiger partial charge in [0.15, 0.2) is 23.1 Å². The van der Waals surface area contributed by atoms with Crippen molar-refractivity contribution in [2.75, 3.05) is 0 Å². The number of fused-ring (bicyclic) bond motifs is 7. The molecule has 0 saturated carbocycles. The third-order valence-electron chi connectivity index (χ3n) is 8.93. The van der Waals surface area contributed by atoms with Crippen LogP contribution >= 0.6 is 0 Å². The van der Waals surface area contributed by atoms with Crippen molar-refractivity contribution < 1.29 is 4.42 Å². The Kier molecular flexibility index (Phi) is 4.93. The van der Waals surface area contributed by atoms with Crippen molar-refractivity contribution in [3.05, 3.63) is 134 Å². The zero-order valence-corrected chi connectivity index (χ0v) is 23.9. The zero-order valence-electron chi connectivity index (χ0n) is 23.9. The quantitative estimate of drug-likeness (QED) is 0.210. The third-order valence-corrected chi connectivity index (χ3v) is 8.93. The van der Waals surface area contributed by atoms with Crippen LogP contribution in [0.5, 0.6) is 0 Å². The average Bonchev–Trinajstić information content (AvgIpc) is 3.65. The highest BCUT2D eigenvalue weighted by Crippen LogP contribution is 2.49. The predicted molar refractivity (Wildman–Crippen MR) is 181 cm³/mol. The highest BCUT2D eigenvalue weighted by molar-refractivity contribution is 6.18. The van der Waals surface area contributed by atoms with Crippen LogP contribution in [0.15, 0.2) is 138 Å². The fourth-order valence-corrected chi connectivity index (χ4v) is 6.90. The number of furan rings is 1. The monoisotopic (exact) mass is 574 g/mol. The first-order chi connectivity index (χ1) is 22.3. The average molecular weight is 575 g/mol. The highest BCUT2D eigenvalue weighted by atomic mass is 16.3. The maximum atomic E-state index is 6.18. The molecule has 0 fully saturated rings. The maximum Gasteiger partial charge on any atom is 0.164 e. The minimum Gasteiger partial charge on any atom is -0.454 e. The molecule has 0 radical (unpaired) electrons. The first kappa shape index (κ1) is 24.3. The molecule has 208 valence electrons. The Morgan fingerprint density at radius 1 is 0.422 bits per heavy atom. The van der Waals surface area contributed by atoms with E-state index in [-0.39, 0.29) is 0 Å². The van der Waals surface area contributed by atoms with Gasteiger partial charge in [0.05, 0.1) is 5.39 Å². The number of hydrogen-bond acceptors (Lipinski definition) is 5. The zero-order chi connectivity index (χ0) is 29.5. The lowest BCUT2D eigenvalue weighted by Gasteiger charge is -2.12. The Labute approximate surface area is 257 Å². The van der Waals surface area contributed by atoms with E-state index in [1.54, 1.807) is 6.20 Å². The van der Waals surface area contributed by atoms with E-state index in [1.807, 2.05) is 30.3 Å². The molecule has 0 spiro atoms. The number of rotatable bonds is 3. The van der Waals surface area contributed by atoms with Crippen LogP contribution in [-0.2, 0) is 0 Å². The van der Waals surface area contributed by atoms with Crippen molar-refractivity contribution in [1.29, 1.82) is 0 Å². The van der Waals surface area contributed by atoms with Gasteiger partial charge in [0.1, 0.15) is 11.1 Å². The minimum absolute atomic E-state index is 0.577. The van der Waals surface area contributed by atoms with Crippen LogP contribution in [0.3, 0.4) is 0 Å². The molecule has 6 aromatic carbocycles. The van der Waals surface area contributed by atoms with Crippen LogP contribution in [0.25, 0.3) is 100 Å². The van der Waals surface area contributed by atoms with Gasteiger partial charge in [0.25, 0.3) is 0 Å². The first-order valence-electron chi connectivity index (χ1n) is 15.0. The lowest BCUT2D eigenvalue weighted by Crippen LogP contribution is -2.01. The summed E-state index contributed by atoms with van der Waals surface area (Å²) in [5.41, 5.74) is 10.0. The second kappa shape index (κ2) is 9.15. The standard InChI is InChI=1S/C40H22N4O/c1-2-9-24-22-25(18-17-23(24)8-1)38-42-39(31-20-19-30-27-11-4-3-10-26(27)28-12-5-13-29(31)35(28)30)44-40(43-38)32-14-6-15-33-36(32)37-34(45-33)16-7-21-41-37/h1-22H. The second-order valence-electron chi connectivity index (χ2n) is 11.4. The van der Waals surface area contributed by atoms with E-state index >= 15 is 0 Å². The van der Waals surface area contributed by atoms with Gasteiger partial charge in [0, 0.05) is 22.9 Å². The summed E-state index contributed by atoms with van der Waals surface area (Å²) >= 11 is 0. The Morgan fingerprint density at radius 2 is 1.09 bits per heavy atom. The van der Waals surface area contributed by atoms with Crippen molar-refractivity contribution in [3.63, 3.8) is 0 Å². The summed E-state index contributed by atoms with van der Waals surface area (Å²) in [7, 11) is 0. The van der Waals surface area contributed by atoms with Crippen molar-refractivity contribution >= 4 is 43.6 Å². The molecule has 0 bridgehead atoms. The molecule has 0 aliphatic heterocycles. The van der Waals surface area contributed by atoms with Gasteiger partial charge in [-0.25, -0.2) is 15.0 Å². The Hall–Kier alpha value is -6.20. The lowest BCUT2D eigenvalue weighted by atomic mass is 9.98. The topological polar surface area (TPSA) is 64.7 Å². The minimum atomic E-state index is 0.577. The van der Waals surface area contributed by atoms with Gasteiger partial charge in [-0.15, -0.1) is 0 Å². The molecule has 1 aliphatic carbocycles. The first-order valence-corrected chi connectivity index (χ1v) is 15.0. The molecule has 0 N–H and O–H groups in total. The molecule has 3 aromatic heterocycles. The largest absolute Gasteiger partial charge is 0.454 e. The van der Waals surface area contributed by atoms with E-state index < -0.39 is 0 Å². The number of aromatic nitrogens is 4. The van der Waals surface area contributed by atoms with Gasteiger partial charge in [-0.2, -0.15) is 0 Å². The molecule has 0 atom stereocenters. The summed E-state index contributed by atoms with van der Waals surface area (Å²) < 4.78 is 6.18. The molecule has 5 nitrogen and oxygen atoms in total. The molecule has 10 rings (SSSR count). The molecule has 5 heteroatoms. The van der Waals surface area contributed by atoms with Gasteiger partial charge in [-0.3, -0.25) is 4.98 Å². The van der Waals surface area contributed by atoms with E-state index in [9.17, 15) is 0 Å². The van der Waals surface area contributed by atoms with Crippen molar-refractivity contribution in [2.24, 2.45) is 0 Å². The van der Waals surface area contributed by atoms with Crippen LogP contribution in [0.2, 0.25) is 0 Å². The van der Waals surface area contributed by atoms with E-state index in [2.05, 4.69) is 102 Å². The van der Waals surface area contributed by atoms with Crippen molar-refractivity contribution in [3.8, 4) is 56.4 Å².